The van der Waals surface area contributed by atoms with Gasteiger partial charge in [-0.25, -0.2) is 0 Å². The summed E-state index contributed by atoms with van der Waals surface area (Å²) < 4.78 is 5.46. The van der Waals surface area contributed by atoms with Crippen molar-refractivity contribution in [3.8, 4) is 0 Å². The van der Waals surface area contributed by atoms with E-state index in [1.165, 1.54) is 244 Å². The summed E-state index contributed by atoms with van der Waals surface area (Å²) >= 11 is 0. The highest BCUT2D eigenvalue weighted by Gasteiger charge is 2.18. The summed E-state index contributed by atoms with van der Waals surface area (Å²) in [4.78, 5) is 24.5. The van der Waals surface area contributed by atoms with E-state index in [1.54, 1.807) is 6.08 Å². The number of unbranched alkanes of at least 4 members (excludes halogenated alkanes) is 44. The van der Waals surface area contributed by atoms with Crippen molar-refractivity contribution < 1.29 is 24.5 Å². The van der Waals surface area contributed by atoms with Gasteiger partial charge in [-0.05, 0) is 32.1 Å². The number of rotatable bonds is 55. The van der Waals surface area contributed by atoms with Crippen LogP contribution in [0.25, 0.3) is 0 Å². The molecule has 65 heavy (non-hydrogen) atoms. The van der Waals surface area contributed by atoms with E-state index in [9.17, 15) is 19.8 Å². The molecule has 0 aromatic carbocycles. The number of aliphatic hydroxyl groups excluding tert-OH is 2. The molecule has 386 valence electrons. The number of carbonyl (C=O) groups is 2. The fourth-order valence-electron chi connectivity index (χ4n) is 9.28. The van der Waals surface area contributed by atoms with Crippen molar-refractivity contribution in [2.75, 3.05) is 13.2 Å². The molecule has 0 aromatic heterocycles. The molecule has 1 amide bonds. The maximum atomic E-state index is 12.5. The van der Waals surface area contributed by atoms with Gasteiger partial charge in [0.25, 0.3) is 0 Å². The van der Waals surface area contributed by atoms with Crippen LogP contribution in [0, 0.1) is 0 Å². The van der Waals surface area contributed by atoms with Crippen molar-refractivity contribution in [1.29, 1.82) is 0 Å². The molecule has 0 saturated carbocycles. The van der Waals surface area contributed by atoms with E-state index in [2.05, 4.69) is 19.2 Å². The van der Waals surface area contributed by atoms with E-state index in [0.29, 0.717) is 19.4 Å². The molecule has 6 nitrogen and oxygen atoms in total. The van der Waals surface area contributed by atoms with Crippen LogP contribution < -0.4 is 5.32 Å². The molecule has 0 aromatic rings. The zero-order chi connectivity index (χ0) is 47.2. The van der Waals surface area contributed by atoms with Crippen LogP contribution in [0.1, 0.15) is 328 Å². The summed E-state index contributed by atoms with van der Waals surface area (Å²) in [5.74, 6) is -0.0767. The van der Waals surface area contributed by atoms with Gasteiger partial charge < -0.3 is 20.3 Å². The van der Waals surface area contributed by atoms with E-state index in [1.807, 2.05) is 6.08 Å². The van der Waals surface area contributed by atoms with Crippen molar-refractivity contribution in [3.63, 3.8) is 0 Å². The first-order chi connectivity index (χ1) is 32.0. The van der Waals surface area contributed by atoms with Gasteiger partial charge in [0.05, 0.1) is 25.4 Å². The topological polar surface area (TPSA) is 95.9 Å². The van der Waals surface area contributed by atoms with Crippen LogP contribution in [0.4, 0.5) is 0 Å². The fraction of sp³-hybridized carbons (Fsp3) is 0.932. The van der Waals surface area contributed by atoms with E-state index in [-0.39, 0.29) is 18.5 Å². The van der Waals surface area contributed by atoms with Crippen LogP contribution in [0.3, 0.4) is 0 Å². The summed E-state index contributed by atoms with van der Waals surface area (Å²) in [6.45, 7) is 4.90. The highest BCUT2D eigenvalue weighted by atomic mass is 16.5. The summed E-state index contributed by atoms with van der Waals surface area (Å²) in [5, 5.41) is 23.2. The first-order valence-corrected chi connectivity index (χ1v) is 29.5. The second-order valence-electron chi connectivity index (χ2n) is 20.3. The predicted octanol–water partition coefficient (Wildman–Crippen LogP) is 18.1. The maximum absolute atomic E-state index is 12.5. The SMILES string of the molecule is CCCCCCCCCCCCCCCCCCCCCC/C=C/C(O)C(CO)NC(=O)CCCCCCCCCCCCCCCCOC(=O)CCCCCCCCCCCCCC. The molecule has 2 atom stereocenters. The Kier molecular flexibility index (Phi) is 54.0. The van der Waals surface area contributed by atoms with Crippen LogP contribution >= 0.6 is 0 Å². The third kappa shape index (κ3) is 51.8. The zero-order valence-corrected chi connectivity index (χ0v) is 44.0. The smallest absolute Gasteiger partial charge is 0.305 e. The van der Waals surface area contributed by atoms with Crippen LogP contribution in [0.15, 0.2) is 12.2 Å². The normalized spacial score (nSPS) is 12.6. The number of esters is 1. The largest absolute Gasteiger partial charge is 0.466 e. The lowest BCUT2D eigenvalue weighted by Crippen LogP contribution is -2.45. The Balaban J connectivity index is 3.47. The molecule has 0 rings (SSSR count). The Bertz CT molecular complexity index is 970. The van der Waals surface area contributed by atoms with E-state index in [0.717, 1.165) is 57.8 Å². The molecule has 0 bridgehead atoms. The Hall–Kier alpha value is -1.40. The summed E-state index contributed by atoms with van der Waals surface area (Å²) in [6, 6.07) is -0.635. The Labute approximate surface area is 406 Å². The van der Waals surface area contributed by atoms with Gasteiger partial charge in [-0.2, -0.15) is 0 Å². The molecule has 3 N–H and O–H groups in total. The first-order valence-electron chi connectivity index (χ1n) is 29.5. The number of carbonyl (C=O) groups excluding carboxylic acids is 2. The third-order valence-electron chi connectivity index (χ3n) is 13.8. The number of ether oxygens (including phenoxy) is 1. The predicted molar refractivity (Wildman–Crippen MR) is 283 cm³/mol. The van der Waals surface area contributed by atoms with Crippen LogP contribution in [0.2, 0.25) is 0 Å². The lowest BCUT2D eigenvalue weighted by atomic mass is 10.0. The summed E-state index contributed by atoms with van der Waals surface area (Å²) in [5.41, 5.74) is 0. The number of amides is 1. The van der Waals surface area contributed by atoms with Crippen LogP contribution in [-0.2, 0) is 14.3 Å². The maximum Gasteiger partial charge on any atom is 0.305 e. The van der Waals surface area contributed by atoms with Crippen LogP contribution in [0.5, 0.6) is 0 Å². The monoisotopic (exact) mass is 918 g/mol. The summed E-state index contributed by atoms with van der Waals surface area (Å²) in [6.07, 6.45) is 65.2. The minimum Gasteiger partial charge on any atom is -0.466 e. The van der Waals surface area contributed by atoms with Crippen molar-refractivity contribution in [3.05, 3.63) is 12.2 Å². The van der Waals surface area contributed by atoms with Crippen molar-refractivity contribution >= 4 is 11.9 Å². The van der Waals surface area contributed by atoms with Gasteiger partial charge in [0, 0.05) is 12.8 Å². The molecule has 0 radical (unpaired) electrons. The third-order valence-corrected chi connectivity index (χ3v) is 13.8. The number of hydrogen-bond acceptors (Lipinski definition) is 5. The quantitative estimate of drug-likeness (QED) is 0.0321. The van der Waals surface area contributed by atoms with Gasteiger partial charge in [-0.1, -0.05) is 296 Å². The standard InChI is InChI=1S/C59H115NO5/c1-3-5-7-9-11-13-15-17-18-19-20-21-22-23-24-25-28-31-35-39-43-47-51-57(62)56(55-61)60-58(63)52-48-44-40-36-32-29-26-27-30-34-38-42-46-50-54-65-59(64)53-49-45-41-37-33-16-14-12-10-8-6-4-2/h47,51,56-57,61-62H,3-46,48-50,52-55H2,1-2H3,(H,60,63)/b51-47+. The Morgan fingerprint density at radius 1 is 0.415 bits per heavy atom. The zero-order valence-electron chi connectivity index (χ0n) is 44.0. The molecule has 2 unspecified atom stereocenters. The molecule has 0 saturated heterocycles. The highest BCUT2D eigenvalue weighted by Crippen LogP contribution is 2.17. The minimum atomic E-state index is -0.851. The summed E-state index contributed by atoms with van der Waals surface area (Å²) in [7, 11) is 0. The molecule has 0 fully saturated rings. The Morgan fingerprint density at radius 2 is 0.708 bits per heavy atom. The Morgan fingerprint density at radius 3 is 1.05 bits per heavy atom. The van der Waals surface area contributed by atoms with E-state index >= 15 is 0 Å². The van der Waals surface area contributed by atoms with Crippen molar-refractivity contribution in [1.82, 2.24) is 5.32 Å². The fourth-order valence-corrected chi connectivity index (χ4v) is 9.28. The van der Waals surface area contributed by atoms with Gasteiger partial charge in [0.15, 0.2) is 0 Å². The van der Waals surface area contributed by atoms with E-state index < -0.39 is 12.1 Å². The van der Waals surface area contributed by atoms with Gasteiger partial charge in [0.2, 0.25) is 5.91 Å². The molecule has 0 aliphatic heterocycles. The molecular formula is C59H115NO5. The molecule has 0 aliphatic rings. The van der Waals surface area contributed by atoms with Crippen LogP contribution in [-0.4, -0.2) is 47.4 Å². The number of nitrogens with one attached hydrogen (secondary N) is 1. The average Bonchev–Trinajstić information content (AvgIpc) is 3.31. The lowest BCUT2D eigenvalue weighted by Gasteiger charge is -2.20. The second kappa shape index (κ2) is 55.2. The molecule has 6 heteroatoms. The lowest BCUT2D eigenvalue weighted by molar-refractivity contribution is -0.143. The molecule has 0 spiro atoms. The number of aliphatic hydroxyl groups is 2. The van der Waals surface area contributed by atoms with E-state index in [4.69, 9.17) is 4.74 Å². The minimum absolute atomic E-state index is 0.00190. The van der Waals surface area contributed by atoms with Crippen molar-refractivity contribution in [2.45, 2.75) is 341 Å². The van der Waals surface area contributed by atoms with Crippen molar-refractivity contribution in [2.24, 2.45) is 0 Å². The van der Waals surface area contributed by atoms with Gasteiger partial charge in [-0.3, -0.25) is 9.59 Å². The molecule has 0 heterocycles. The molecular weight excluding hydrogens is 803 g/mol. The van der Waals surface area contributed by atoms with Gasteiger partial charge in [0.1, 0.15) is 0 Å². The number of hydrogen-bond donors (Lipinski definition) is 3. The molecule has 0 aliphatic carbocycles. The van der Waals surface area contributed by atoms with Gasteiger partial charge >= 0.3 is 5.97 Å². The highest BCUT2D eigenvalue weighted by molar-refractivity contribution is 5.76. The first kappa shape index (κ1) is 63.6. The number of allylic oxidation sites excluding steroid dienone is 1. The second-order valence-corrected chi connectivity index (χ2v) is 20.3. The average molecular weight is 919 g/mol. The van der Waals surface area contributed by atoms with Gasteiger partial charge in [-0.15, -0.1) is 0 Å².